The van der Waals surface area contributed by atoms with Crippen LogP contribution < -0.4 is 0 Å². The van der Waals surface area contributed by atoms with Gasteiger partial charge in [0.2, 0.25) is 0 Å². The monoisotopic (exact) mass is 322 g/mol. The highest BCUT2D eigenvalue weighted by molar-refractivity contribution is 6.33. The van der Waals surface area contributed by atoms with E-state index < -0.39 is 18.0 Å². The molecule has 0 amide bonds. The number of carbonyl (C=O) groups excluding carboxylic acids is 1. The highest BCUT2D eigenvalue weighted by Crippen LogP contribution is 2.41. The molecule has 0 N–H and O–H groups in total. The summed E-state index contributed by atoms with van der Waals surface area (Å²) in [6.45, 7) is 3.69. The van der Waals surface area contributed by atoms with Crippen LogP contribution in [-0.4, -0.2) is 21.7 Å². The molecule has 0 aliphatic heterocycles. The quantitative estimate of drug-likeness (QED) is 0.758. The summed E-state index contributed by atoms with van der Waals surface area (Å²) < 4.78 is 40.0. The molecule has 21 heavy (non-hydrogen) atoms. The Morgan fingerprint density at radius 1 is 1.43 bits per heavy atom. The van der Waals surface area contributed by atoms with Gasteiger partial charge in [-0.1, -0.05) is 18.0 Å². The van der Waals surface area contributed by atoms with Gasteiger partial charge in [0.05, 0.1) is 17.1 Å². The minimum Gasteiger partial charge on any atom is -0.292 e. The molecular weight excluding hydrogens is 305 g/mol. The van der Waals surface area contributed by atoms with Crippen molar-refractivity contribution in [3.8, 4) is 0 Å². The third kappa shape index (κ3) is 3.42. The first-order valence-electron chi connectivity index (χ1n) is 7.05. The molecule has 1 aromatic rings. The van der Waals surface area contributed by atoms with Crippen LogP contribution in [0.4, 0.5) is 13.2 Å². The van der Waals surface area contributed by atoms with Crippen LogP contribution in [0.25, 0.3) is 0 Å². The zero-order valence-corrected chi connectivity index (χ0v) is 12.7. The second-order valence-corrected chi connectivity index (χ2v) is 6.25. The predicted molar refractivity (Wildman–Crippen MR) is 73.5 cm³/mol. The Kier molecular flexibility index (Phi) is 4.66. The predicted octanol–water partition coefficient (Wildman–Crippen LogP) is 4.67. The molecule has 2 rings (SSSR count). The van der Waals surface area contributed by atoms with Crippen molar-refractivity contribution in [1.82, 2.24) is 9.78 Å². The number of carbonyl (C=O) groups is 1. The van der Waals surface area contributed by atoms with E-state index in [0.717, 1.165) is 0 Å². The Morgan fingerprint density at radius 2 is 2.10 bits per heavy atom. The van der Waals surface area contributed by atoms with Gasteiger partial charge in [0, 0.05) is 12.0 Å². The summed E-state index contributed by atoms with van der Waals surface area (Å²) in [5.41, 5.74) is 0.236. The van der Waals surface area contributed by atoms with Gasteiger partial charge in [0.15, 0.2) is 5.78 Å². The largest absolute Gasteiger partial charge is 0.391 e. The Balaban J connectivity index is 2.22. The normalized spacial score (nSPS) is 23.6. The molecule has 7 heteroatoms. The molecule has 1 aromatic heterocycles. The van der Waals surface area contributed by atoms with Gasteiger partial charge in [-0.25, -0.2) is 0 Å². The van der Waals surface area contributed by atoms with Crippen molar-refractivity contribution in [1.29, 1.82) is 0 Å². The average molecular weight is 323 g/mol. The molecule has 1 aliphatic carbocycles. The van der Waals surface area contributed by atoms with Gasteiger partial charge in [-0.15, -0.1) is 0 Å². The molecular formula is C14H18ClF3N2O. The number of hydrogen-bond acceptors (Lipinski definition) is 2. The Morgan fingerprint density at radius 3 is 2.67 bits per heavy atom. The van der Waals surface area contributed by atoms with Crippen LogP contribution in [0.3, 0.4) is 0 Å². The lowest BCUT2D eigenvalue weighted by Crippen LogP contribution is -2.32. The molecule has 0 spiro atoms. The number of hydrogen-bond donors (Lipinski definition) is 0. The van der Waals surface area contributed by atoms with Crippen molar-refractivity contribution in [3.63, 3.8) is 0 Å². The van der Waals surface area contributed by atoms with E-state index in [1.807, 2.05) is 13.8 Å². The van der Waals surface area contributed by atoms with Crippen LogP contribution in [0.15, 0.2) is 6.20 Å². The van der Waals surface area contributed by atoms with Gasteiger partial charge < -0.3 is 0 Å². The molecule has 118 valence electrons. The number of rotatable bonds is 3. The third-order valence-corrected chi connectivity index (χ3v) is 4.26. The molecule has 1 heterocycles. The van der Waals surface area contributed by atoms with Crippen LogP contribution in [0.2, 0.25) is 5.02 Å². The molecule has 0 bridgehead atoms. The topological polar surface area (TPSA) is 34.9 Å². The van der Waals surface area contributed by atoms with Gasteiger partial charge in [0.25, 0.3) is 0 Å². The molecule has 0 radical (unpaired) electrons. The van der Waals surface area contributed by atoms with E-state index in [1.165, 1.54) is 10.9 Å². The van der Waals surface area contributed by atoms with Crippen molar-refractivity contribution >= 4 is 17.4 Å². The van der Waals surface area contributed by atoms with Gasteiger partial charge >= 0.3 is 6.18 Å². The van der Waals surface area contributed by atoms with E-state index >= 15 is 0 Å². The highest BCUT2D eigenvalue weighted by atomic mass is 35.5. The molecule has 2 atom stereocenters. The maximum absolute atomic E-state index is 12.9. The van der Waals surface area contributed by atoms with Crippen molar-refractivity contribution in [2.75, 3.05) is 0 Å². The zero-order valence-electron chi connectivity index (χ0n) is 12.0. The summed E-state index contributed by atoms with van der Waals surface area (Å²) in [6.07, 6.45) is -2.02. The first kappa shape index (κ1) is 16.3. The molecule has 1 aliphatic rings. The fraction of sp³-hybridized carbons (Fsp3) is 0.714. The van der Waals surface area contributed by atoms with Crippen LogP contribution in [0.5, 0.6) is 0 Å². The van der Waals surface area contributed by atoms with Crippen molar-refractivity contribution in [2.24, 2.45) is 11.8 Å². The van der Waals surface area contributed by atoms with Crippen LogP contribution in [0.1, 0.15) is 56.1 Å². The number of halogens is 4. The van der Waals surface area contributed by atoms with Crippen LogP contribution in [0, 0.1) is 11.8 Å². The molecule has 2 unspecified atom stereocenters. The summed E-state index contributed by atoms with van der Waals surface area (Å²) in [5, 5.41) is 4.25. The van der Waals surface area contributed by atoms with E-state index in [-0.39, 0.29) is 35.4 Å². The van der Waals surface area contributed by atoms with E-state index in [0.29, 0.717) is 12.8 Å². The minimum absolute atomic E-state index is 0.0709. The van der Waals surface area contributed by atoms with E-state index in [2.05, 4.69) is 5.10 Å². The second kappa shape index (κ2) is 5.99. The van der Waals surface area contributed by atoms with Crippen molar-refractivity contribution in [3.05, 3.63) is 16.9 Å². The fourth-order valence-electron chi connectivity index (χ4n) is 2.88. The van der Waals surface area contributed by atoms with Crippen LogP contribution in [-0.2, 0) is 0 Å². The van der Waals surface area contributed by atoms with E-state index in [9.17, 15) is 18.0 Å². The van der Waals surface area contributed by atoms with E-state index in [4.69, 9.17) is 11.6 Å². The molecule has 3 nitrogen and oxygen atoms in total. The highest BCUT2D eigenvalue weighted by Gasteiger charge is 2.44. The van der Waals surface area contributed by atoms with Gasteiger partial charge in [-0.3, -0.25) is 9.48 Å². The molecule has 0 saturated heterocycles. The average Bonchev–Trinajstić information content (AvgIpc) is 2.79. The first-order chi connectivity index (χ1) is 9.71. The SMILES string of the molecule is CC(C)n1ncc(Cl)c1C(=O)C1CCCC(C(F)(F)F)C1. The second-order valence-electron chi connectivity index (χ2n) is 5.85. The standard InChI is InChI=1S/C14H18ClF3N2O/c1-8(2)20-12(11(15)7-19-20)13(21)9-4-3-5-10(6-9)14(16,17)18/h7-10H,3-6H2,1-2H3. The maximum Gasteiger partial charge on any atom is 0.391 e. The Hall–Kier alpha value is -1.04. The smallest absolute Gasteiger partial charge is 0.292 e. The lowest BCUT2D eigenvalue weighted by atomic mass is 9.78. The lowest BCUT2D eigenvalue weighted by molar-refractivity contribution is -0.184. The van der Waals surface area contributed by atoms with Crippen molar-refractivity contribution < 1.29 is 18.0 Å². The summed E-state index contributed by atoms with van der Waals surface area (Å²) in [7, 11) is 0. The van der Waals surface area contributed by atoms with Gasteiger partial charge in [0.1, 0.15) is 5.69 Å². The fourth-order valence-corrected chi connectivity index (χ4v) is 3.11. The molecule has 1 saturated carbocycles. The van der Waals surface area contributed by atoms with Crippen LogP contribution >= 0.6 is 11.6 Å². The van der Waals surface area contributed by atoms with E-state index in [1.54, 1.807) is 0 Å². The molecule has 1 fully saturated rings. The Labute approximate surface area is 126 Å². The third-order valence-electron chi connectivity index (χ3n) is 3.98. The summed E-state index contributed by atoms with van der Waals surface area (Å²) in [6, 6.07) is -0.0709. The number of nitrogens with zero attached hydrogens (tertiary/aromatic N) is 2. The maximum atomic E-state index is 12.9. The summed E-state index contributed by atoms with van der Waals surface area (Å²) in [4.78, 5) is 12.6. The number of Topliss-reactive ketones (excluding diaryl/α,β-unsaturated/α-hetero) is 1. The number of aromatic nitrogens is 2. The number of ketones is 1. The number of alkyl halides is 3. The van der Waals surface area contributed by atoms with Gasteiger partial charge in [-0.2, -0.15) is 18.3 Å². The molecule has 0 aromatic carbocycles. The minimum atomic E-state index is -4.24. The van der Waals surface area contributed by atoms with Gasteiger partial charge in [-0.05, 0) is 33.1 Å². The summed E-state index contributed by atoms with van der Waals surface area (Å²) in [5.74, 6) is -2.34. The first-order valence-corrected chi connectivity index (χ1v) is 7.43. The zero-order chi connectivity index (χ0) is 15.8. The summed E-state index contributed by atoms with van der Waals surface area (Å²) >= 11 is 6.00. The Bertz CT molecular complexity index is 525. The van der Waals surface area contributed by atoms with Crippen molar-refractivity contribution in [2.45, 2.75) is 51.7 Å². The lowest BCUT2D eigenvalue weighted by Gasteiger charge is -2.30.